The Balaban J connectivity index is 1.42. The second-order valence-corrected chi connectivity index (χ2v) is 10.1. The van der Waals surface area contributed by atoms with Crippen LogP contribution in [0.5, 0.6) is 0 Å². The zero-order valence-electron chi connectivity index (χ0n) is 21.0. The van der Waals surface area contributed by atoms with Crippen molar-refractivity contribution in [1.29, 1.82) is 0 Å². The number of piperazine rings is 1. The van der Waals surface area contributed by atoms with Crippen molar-refractivity contribution >= 4 is 45.0 Å². The molecule has 1 aliphatic heterocycles. The van der Waals surface area contributed by atoms with Crippen LogP contribution in [-0.4, -0.2) is 52.8 Å². The first-order valence-corrected chi connectivity index (χ1v) is 13.1. The van der Waals surface area contributed by atoms with E-state index < -0.39 is 6.10 Å². The summed E-state index contributed by atoms with van der Waals surface area (Å²) in [5.74, 6) is 0.973. The predicted octanol–water partition coefficient (Wildman–Crippen LogP) is 4.59. The molecule has 0 amide bonds. The van der Waals surface area contributed by atoms with Crippen LogP contribution in [-0.2, 0) is 0 Å². The maximum atomic E-state index is 13.8. The highest BCUT2D eigenvalue weighted by molar-refractivity contribution is 6.30. The van der Waals surface area contributed by atoms with Gasteiger partial charge >= 0.3 is 0 Å². The number of aliphatic hydroxyl groups excluding tert-OH is 1. The van der Waals surface area contributed by atoms with E-state index in [4.69, 9.17) is 16.6 Å². The van der Waals surface area contributed by atoms with Gasteiger partial charge in [-0.1, -0.05) is 35.9 Å². The lowest BCUT2D eigenvalue weighted by molar-refractivity contribution is 0.191. The number of pyridine rings is 1. The normalized spacial score (nSPS) is 14.8. The molecule has 0 bridgehead atoms. The third-order valence-corrected chi connectivity index (χ3v) is 7.33. The van der Waals surface area contributed by atoms with E-state index in [1.807, 2.05) is 31.2 Å². The zero-order valence-corrected chi connectivity index (χ0v) is 21.8. The Labute approximate surface area is 224 Å². The average molecular weight is 529 g/mol. The van der Waals surface area contributed by atoms with E-state index in [9.17, 15) is 9.90 Å². The van der Waals surface area contributed by atoms with Crippen LogP contribution in [0.2, 0.25) is 5.02 Å². The van der Waals surface area contributed by atoms with Crippen molar-refractivity contribution in [3.63, 3.8) is 0 Å². The minimum atomic E-state index is -0.823. The van der Waals surface area contributed by atoms with Gasteiger partial charge in [-0.05, 0) is 54.4 Å². The number of anilines is 2. The highest BCUT2D eigenvalue weighted by Crippen LogP contribution is 2.30. The number of nitrogens with zero attached hydrogens (tertiary/aromatic N) is 2. The predicted molar refractivity (Wildman–Crippen MR) is 154 cm³/mol. The molecule has 1 fully saturated rings. The first-order chi connectivity index (χ1) is 18.5. The molecule has 5 aromatic rings. The fraction of sp³-hybridized carbons (Fsp3) is 0.241. The summed E-state index contributed by atoms with van der Waals surface area (Å²) >= 11 is 6.11. The lowest BCUT2D eigenvalue weighted by Gasteiger charge is -2.29. The van der Waals surface area contributed by atoms with Crippen LogP contribution in [0.3, 0.4) is 0 Å². The smallest absolute Gasteiger partial charge is 0.202 e. The standard InChI is InChI=1S/C29H29ClN6O2/c1-17-13-20(36-11-9-31-10-12-36)15-23-26(17)35-29(34-23)25-27(38)21-7-2-3-8-22(21)33-28(25)32-16-24(37)18-5-4-6-19(30)14-18/h2-8,13-15,24,31,37H,9-12,16H2,1H3,(H,34,35)(H2,32,33,38). The molecular weight excluding hydrogens is 500 g/mol. The third kappa shape index (κ3) is 4.62. The minimum Gasteiger partial charge on any atom is -0.387 e. The molecule has 0 aliphatic carbocycles. The molecule has 1 atom stereocenters. The maximum absolute atomic E-state index is 13.8. The molecule has 6 rings (SSSR count). The number of aliphatic hydroxyl groups is 1. The van der Waals surface area contributed by atoms with Crippen LogP contribution in [0.4, 0.5) is 11.5 Å². The second kappa shape index (κ2) is 10.1. The van der Waals surface area contributed by atoms with E-state index in [2.05, 4.69) is 37.6 Å². The number of hydrogen-bond acceptors (Lipinski definition) is 6. The van der Waals surface area contributed by atoms with E-state index in [0.29, 0.717) is 38.7 Å². The minimum absolute atomic E-state index is 0.141. The van der Waals surface area contributed by atoms with Gasteiger partial charge in [0.25, 0.3) is 0 Å². The van der Waals surface area contributed by atoms with Crippen LogP contribution in [0.25, 0.3) is 33.3 Å². The zero-order chi connectivity index (χ0) is 26.2. The highest BCUT2D eigenvalue weighted by Gasteiger charge is 2.20. The average Bonchev–Trinajstić information content (AvgIpc) is 3.36. The Hall–Kier alpha value is -3.85. The summed E-state index contributed by atoms with van der Waals surface area (Å²) in [5, 5.41) is 18.6. The molecule has 3 heterocycles. The summed E-state index contributed by atoms with van der Waals surface area (Å²) in [4.78, 5) is 27.8. The topological polar surface area (TPSA) is 109 Å². The fourth-order valence-electron chi connectivity index (χ4n) is 5.12. The monoisotopic (exact) mass is 528 g/mol. The van der Waals surface area contributed by atoms with Crippen LogP contribution < -0.4 is 21.0 Å². The molecule has 194 valence electrons. The molecule has 0 radical (unpaired) electrons. The maximum Gasteiger partial charge on any atom is 0.202 e. The van der Waals surface area contributed by atoms with Crippen molar-refractivity contribution in [3.8, 4) is 11.4 Å². The molecule has 9 heteroatoms. The lowest BCUT2D eigenvalue weighted by Crippen LogP contribution is -2.43. The van der Waals surface area contributed by atoms with Gasteiger partial charge in [-0.3, -0.25) is 4.79 Å². The van der Waals surface area contributed by atoms with Crippen LogP contribution in [0.1, 0.15) is 17.2 Å². The van der Waals surface area contributed by atoms with Crippen molar-refractivity contribution in [2.45, 2.75) is 13.0 Å². The molecule has 0 spiro atoms. The molecule has 38 heavy (non-hydrogen) atoms. The number of imidazole rings is 1. The Kier molecular flexibility index (Phi) is 6.53. The van der Waals surface area contributed by atoms with Gasteiger partial charge in [0.05, 0.1) is 22.7 Å². The summed E-state index contributed by atoms with van der Waals surface area (Å²) in [6.07, 6.45) is -0.823. The SMILES string of the molecule is Cc1cc(N2CCNCC2)cc2[nH]c(-c3c(NCC(O)c4cccc(Cl)c4)[nH]c4ccccc4c3=O)nc12. The van der Waals surface area contributed by atoms with Crippen LogP contribution >= 0.6 is 11.6 Å². The number of aryl methyl sites for hydroxylation is 1. The lowest BCUT2D eigenvalue weighted by atomic mass is 10.1. The Bertz CT molecular complexity index is 1690. The van der Waals surface area contributed by atoms with Crippen LogP contribution in [0.15, 0.2) is 65.5 Å². The summed E-state index contributed by atoms with van der Waals surface area (Å²) < 4.78 is 0. The number of aromatic nitrogens is 3. The van der Waals surface area contributed by atoms with E-state index in [1.54, 1.807) is 24.3 Å². The van der Waals surface area contributed by atoms with Gasteiger partial charge < -0.3 is 30.6 Å². The first kappa shape index (κ1) is 24.5. The molecule has 2 aromatic heterocycles. The fourth-order valence-corrected chi connectivity index (χ4v) is 5.32. The largest absolute Gasteiger partial charge is 0.387 e. The summed E-state index contributed by atoms with van der Waals surface area (Å²) in [6.45, 7) is 6.01. The number of benzene rings is 3. The Morgan fingerprint density at radius 2 is 1.87 bits per heavy atom. The van der Waals surface area contributed by atoms with E-state index >= 15 is 0 Å². The number of para-hydroxylation sites is 1. The van der Waals surface area contributed by atoms with Gasteiger partial charge in [0.2, 0.25) is 5.43 Å². The number of hydrogen-bond donors (Lipinski definition) is 5. The number of rotatable bonds is 6. The van der Waals surface area contributed by atoms with E-state index in [1.165, 1.54) is 0 Å². The third-order valence-electron chi connectivity index (χ3n) is 7.09. The summed E-state index contributed by atoms with van der Waals surface area (Å²) in [5.41, 5.74) is 5.55. The highest BCUT2D eigenvalue weighted by atomic mass is 35.5. The molecule has 1 unspecified atom stereocenters. The number of nitrogens with one attached hydrogen (secondary N) is 4. The van der Waals surface area contributed by atoms with Gasteiger partial charge in [-0.25, -0.2) is 4.98 Å². The quantitative estimate of drug-likeness (QED) is 0.220. The number of fused-ring (bicyclic) bond motifs is 2. The molecule has 3 aromatic carbocycles. The van der Waals surface area contributed by atoms with Crippen molar-refractivity contribution < 1.29 is 5.11 Å². The van der Waals surface area contributed by atoms with Crippen molar-refractivity contribution in [1.82, 2.24) is 20.3 Å². The van der Waals surface area contributed by atoms with E-state index in [0.717, 1.165) is 48.5 Å². The number of H-pyrrole nitrogens is 2. The number of aromatic amines is 2. The van der Waals surface area contributed by atoms with Gasteiger partial charge in [0.1, 0.15) is 17.2 Å². The van der Waals surface area contributed by atoms with Crippen molar-refractivity contribution in [2.24, 2.45) is 0 Å². The van der Waals surface area contributed by atoms with Gasteiger partial charge in [-0.2, -0.15) is 0 Å². The van der Waals surface area contributed by atoms with Gasteiger partial charge in [0.15, 0.2) is 0 Å². The Morgan fingerprint density at radius 3 is 2.68 bits per heavy atom. The molecular formula is C29H29ClN6O2. The van der Waals surface area contributed by atoms with Crippen molar-refractivity contribution in [2.75, 3.05) is 42.9 Å². The van der Waals surface area contributed by atoms with Crippen LogP contribution in [0, 0.1) is 6.92 Å². The summed E-state index contributed by atoms with van der Waals surface area (Å²) in [6, 6.07) is 18.8. The molecule has 8 nitrogen and oxygen atoms in total. The first-order valence-electron chi connectivity index (χ1n) is 12.8. The van der Waals surface area contributed by atoms with Crippen molar-refractivity contribution in [3.05, 3.63) is 87.0 Å². The second-order valence-electron chi connectivity index (χ2n) is 9.68. The summed E-state index contributed by atoms with van der Waals surface area (Å²) in [7, 11) is 0. The molecule has 1 aliphatic rings. The Morgan fingerprint density at radius 1 is 1.05 bits per heavy atom. The number of halogens is 1. The van der Waals surface area contributed by atoms with Gasteiger partial charge in [0, 0.05) is 48.8 Å². The van der Waals surface area contributed by atoms with E-state index in [-0.39, 0.29) is 12.0 Å². The van der Waals surface area contributed by atoms with Gasteiger partial charge in [-0.15, -0.1) is 0 Å². The molecule has 1 saturated heterocycles. The molecule has 5 N–H and O–H groups in total. The molecule has 0 saturated carbocycles.